The van der Waals surface area contributed by atoms with Gasteiger partial charge in [0.1, 0.15) is 6.04 Å². The van der Waals surface area contributed by atoms with E-state index in [1.165, 1.54) is 0 Å². The third-order valence-corrected chi connectivity index (χ3v) is 3.29. The standard InChI is InChI=1S/C13H26N2O3/c1-4-15(9-11-7-6-8-18-11)10-12(14-3)13(16)17-5-2/h11-12,14H,4-10H2,1-3H3. The van der Waals surface area contributed by atoms with Crippen LogP contribution in [-0.4, -0.2) is 62.9 Å². The van der Waals surface area contributed by atoms with Gasteiger partial charge in [0.15, 0.2) is 0 Å². The second-order valence-corrected chi connectivity index (χ2v) is 4.58. The molecule has 5 nitrogen and oxygen atoms in total. The molecule has 1 aliphatic rings. The minimum atomic E-state index is -0.258. The Labute approximate surface area is 110 Å². The molecule has 2 atom stereocenters. The van der Waals surface area contributed by atoms with Gasteiger partial charge >= 0.3 is 5.97 Å². The summed E-state index contributed by atoms with van der Waals surface area (Å²) in [6.07, 6.45) is 2.60. The van der Waals surface area contributed by atoms with Crippen molar-refractivity contribution in [1.82, 2.24) is 10.2 Å². The Morgan fingerprint density at radius 2 is 2.33 bits per heavy atom. The molecule has 0 aromatic rings. The fourth-order valence-corrected chi connectivity index (χ4v) is 2.19. The maximum absolute atomic E-state index is 11.7. The Hall–Kier alpha value is -0.650. The number of hydrogen-bond acceptors (Lipinski definition) is 5. The molecule has 0 aromatic carbocycles. The van der Waals surface area contributed by atoms with Crippen molar-refractivity contribution in [3.63, 3.8) is 0 Å². The maximum atomic E-state index is 11.7. The van der Waals surface area contributed by atoms with Crippen LogP contribution in [0, 0.1) is 0 Å². The largest absolute Gasteiger partial charge is 0.465 e. The van der Waals surface area contributed by atoms with E-state index in [9.17, 15) is 4.79 Å². The molecule has 0 aromatic heterocycles. The number of likely N-dealkylation sites (N-methyl/N-ethyl adjacent to an activating group) is 2. The van der Waals surface area contributed by atoms with Gasteiger partial charge in [-0.25, -0.2) is 0 Å². The normalized spacial score (nSPS) is 21.2. The topological polar surface area (TPSA) is 50.8 Å². The molecule has 0 radical (unpaired) electrons. The van der Waals surface area contributed by atoms with Crippen LogP contribution in [0.3, 0.4) is 0 Å². The van der Waals surface area contributed by atoms with Crippen LogP contribution in [0.15, 0.2) is 0 Å². The first kappa shape index (κ1) is 15.4. The van der Waals surface area contributed by atoms with Crippen molar-refractivity contribution >= 4 is 5.97 Å². The number of nitrogens with zero attached hydrogens (tertiary/aromatic N) is 1. The maximum Gasteiger partial charge on any atom is 0.324 e. The molecular weight excluding hydrogens is 232 g/mol. The Kier molecular flexibility index (Phi) is 7.23. The fraction of sp³-hybridized carbons (Fsp3) is 0.923. The zero-order valence-electron chi connectivity index (χ0n) is 11.8. The SMILES string of the molecule is CCOC(=O)C(CN(CC)CC1CCCO1)NC. The summed E-state index contributed by atoms with van der Waals surface area (Å²) in [5.41, 5.74) is 0. The van der Waals surface area contributed by atoms with Gasteiger partial charge in [0.2, 0.25) is 0 Å². The lowest BCUT2D eigenvalue weighted by molar-refractivity contribution is -0.146. The average Bonchev–Trinajstić information content (AvgIpc) is 2.87. The van der Waals surface area contributed by atoms with E-state index < -0.39 is 0 Å². The number of rotatable bonds is 8. The van der Waals surface area contributed by atoms with Gasteiger partial charge in [-0.05, 0) is 33.4 Å². The van der Waals surface area contributed by atoms with Gasteiger partial charge in [-0.15, -0.1) is 0 Å². The van der Waals surface area contributed by atoms with E-state index in [0.717, 1.165) is 32.5 Å². The summed E-state index contributed by atoms with van der Waals surface area (Å²) in [4.78, 5) is 14.0. The molecule has 1 N–H and O–H groups in total. The molecular formula is C13H26N2O3. The van der Waals surface area contributed by atoms with Crippen molar-refractivity contribution < 1.29 is 14.3 Å². The molecule has 0 aliphatic carbocycles. The van der Waals surface area contributed by atoms with E-state index in [2.05, 4.69) is 17.1 Å². The summed E-state index contributed by atoms with van der Waals surface area (Å²) in [6.45, 7) is 7.71. The third kappa shape index (κ3) is 4.92. The van der Waals surface area contributed by atoms with Crippen molar-refractivity contribution in [1.29, 1.82) is 0 Å². The van der Waals surface area contributed by atoms with Crippen LogP contribution in [0.5, 0.6) is 0 Å². The van der Waals surface area contributed by atoms with Crippen LogP contribution in [0.1, 0.15) is 26.7 Å². The van der Waals surface area contributed by atoms with Gasteiger partial charge in [0, 0.05) is 19.7 Å². The summed E-state index contributed by atoms with van der Waals surface area (Å²) in [5.74, 6) is -0.175. The minimum Gasteiger partial charge on any atom is -0.465 e. The molecule has 18 heavy (non-hydrogen) atoms. The van der Waals surface area contributed by atoms with Crippen molar-refractivity contribution in [3.8, 4) is 0 Å². The lowest BCUT2D eigenvalue weighted by atomic mass is 10.2. The Balaban J connectivity index is 2.40. The quantitative estimate of drug-likeness (QED) is 0.647. The summed E-state index contributed by atoms with van der Waals surface area (Å²) in [7, 11) is 1.79. The highest BCUT2D eigenvalue weighted by Gasteiger charge is 2.24. The predicted octanol–water partition coefficient (Wildman–Crippen LogP) is 0.638. The van der Waals surface area contributed by atoms with E-state index in [0.29, 0.717) is 19.3 Å². The molecule has 5 heteroatoms. The van der Waals surface area contributed by atoms with Crippen LogP contribution in [0.25, 0.3) is 0 Å². The van der Waals surface area contributed by atoms with Gasteiger partial charge in [0.05, 0.1) is 12.7 Å². The molecule has 2 unspecified atom stereocenters. The molecule has 1 aliphatic heterocycles. The molecule has 0 amide bonds. The highest BCUT2D eigenvalue weighted by molar-refractivity contribution is 5.76. The Bertz CT molecular complexity index is 242. The number of nitrogens with one attached hydrogen (secondary N) is 1. The molecule has 1 saturated heterocycles. The molecule has 1 heterocycles. The second-order valence-electron chi connectivity index (χ2n) is 4.58. The van der Waals surface area contributed by atoms with Gasteiger partial charge in [0.25, 0.3) is 0 Å². The monoisotopic (exact) mass is 258 g/mol. The fourth-order valence-electron chi connectivity index (χ4n) is 2.19. The van der Waals surface area contributed by atoms with Crippen LogP contribution < -0.4 is 5.32 Å². The van der Waals surface area contributed by atoms with Crippen molar-refractivity contribution in [2.75, 3.05) is 39.9 Å². The Morgan fingerprint density at radius 3 is 2.83 bits per heavy atom. The summed E-state index contributed by atoms with van der Waals surface area (Å²) < 4.78 is 10.7. The Morgan fingerprint density at radius 1 is 1.56 bits per heavy atom. The van der Waals surface area contributed by atoms with Crippen LogP contribution in [0.2, 0.25) is 0 Å². The first-order valence-corrected chi connectivity index (χ1v) is 6.89. The van der Waals surface area contributed by atoms with E-state index >= 15 is 0 Å². The van der Waals surface area contributed by atoms with E-state index in [-0.39, 0.29) is 12.0 Å². The molecule has 0 spiro atoms. The molecule has 106 valence electrons. The van der Waals surface area contributed by atoms with Crippen LogP contribution in [-0.2, 0) is 14.3 Å². The third-order valence-electron chi connectivity index (χ3n) is 3.29. The number of ether oxygens (including phenoxy) is 2. The van der Waals surface area contributed by atoms with Gasteiger partial charge in [-0.3, -0.25) is 9.69 Å². The van der Waals surface area contributed by atoms with E-state index in [1.807, 2.05) is 6.92 Å². The first-order valence-electron chi connectivity index (χ1n) is 6.89. The van der Waals surface area contributed by atoms with Crippen molar-refractivity contribution in [2.24, 2.45) is 0 Å². The predicted molar refractivity (Wildman–Crippen MR) is 70.6 cm³/mol. The van der Waals surface area contributed by atoms with Crippen LogP contribution >= 0.6 is 0 Å². The smallest absolute Gasteiger partial charge is 0.324 e. The van der Waals surface area contributed by atoms with Crippen molar-refractivity contribution in [2.45, 2.75) is 38.8 Å². The number of hydrogen-bond donors (Lipinski definition) is 1. The van der Waals surface area contributed by atoms with Gasteiger partial charge < -0.3 is 14.8 Å². The van der Waals surface area contributed by atoms with E-state index in [1.54, 1.807) is 7.05 Å². The van der Waals surface area contributed by atoms with Gasteiger partial charge in [-0.1, -0.05) is 6.92 Å². The zero-order chi connectivity index (χ0) is 13.4. The number of carbonyl (C=O) groups excluding carboxylic acids is 1. The highest BCUT2D eigenvalue weighted by Crippen LogP contribution is 2.13. The molecule has 0 bridgehead atoms. The zero-order valence-corrected chi connectivity index (χ0v) is 11.8. The lowest BCUT2D eigenvalue weighted by Gasteiger charge is -2.27. The summed E-state index contributed by atoms with van der Waals surface area (Å²) in [6, 6.07) is -0.258. The number of carbonyl (C=O) groups is 1. The van der Waals surface area contributed by atoms with E-state index in [4.69, 9.17) is 9.47 Å². The summed E-state index contributed by atoms with van der Waals surface area (Å²) >= 11 is 0. The molecule has 1 rings (SSSR count). The average molecular weight is 258 g/mol. The van der Waals surface area contributed by atoms with Crippen molar-refractivity contribution in [3.05, 3.63) is 0 Å². The lowest BCUT2D eigenvalue weighted by Crippen LogP contribution is -2.47. The number of esters is 1. The first-order chi connectivity index (χ1) is 8.71. The second kappa shape index (κ2) is 8.45. The van der Waals surface area contributed by atoms with Gasteiger partial charge in [-0.2, -0.15) is 0 Å². The summed E-state index contributed by atoms with van der Waals surface area (Å²) in [5, 5.41) is 3.02. The molecule has 1 fully saturated rings. The highest BCUT2D eigenvalue weighted by atomic mass is 16.5. The minimum absolute atomic E-state index is 0.175. The molecule has 0 saturated carbocycles. The van der Waals surface area contributed by atoms with Crippen LogP contribution in [0.4, 0.5) is 0 Å².